The van der Waals surface area contributed by atoms with Gasteiger partial charge in [0.1, 0.15) is 0 Å². The summed E-state index contributed by atoms with van der Waals surface area (Å²) in [5, 5.41) is 17.0. The zero-order chi connectivity index (χ0) is 28.2. The van der Waals surface area contributed by atoms with Gasteiger partial charge in [-0.2, -0.15) is 18.4 Å². The lowest BCUT2D eigenvalue weighted by Crippen LogP contribution is -2.47. The van der Waals surface area contributed by atoms with Crippen LogP contribution in [0.5, 0.6) is 0 Å². The van der Waals surface area contributed by atoms with Gasteiger partial charge in [0.2, 0.25) is 6.33 Å². The minimum Gasteiger partial charge on any atom is -0.307 e. The van der Waals surface area contributed by atoms with Crippen molar-refractivity contribution in [1.29, 1.82) is 5.26 Å². The molecule has 1 aromatic heterocycles. The van der Waals surface area contributed by atoms with Crippen LogP contribution in [0, 0.1) is 17.2 Å². The molecule has 0 spiro atoms. The Morgan fingerprint density at radius 3 is 2.65 bits per heavy atom. The third-order valence-corrected chi connectivity index (χ3v) is 8.85. The minimum atomic E-state index is -4.58. The number of hydrogen-bond acceptors (Lipinski definition) is 4. The van der Waals surface area contributed by atoms with Crippen LogP contribution in [-0.4, -0.2) is 21.1 Å². The molecule has 0 unspecified atom stereocenters. The predicted molar refractivity (Wildman–Crippen MR) is 141 cm³/mol. The molecular formula is C30H32F3N6O+. The van der Waals surface area contributed by atoms with E-state index in [9.17, 15) is 18.0 Å². The zero-order valence-electron chi connectivity index (χ0n) is 22.6. The Morgan fingerprint density at radius 1 is 1.25 bits per heavy atom. The summed E-state index contributed by atoms with van der Waals surface area (Å²) in [5.41, 5.74) is 1.95. The van der Waals surface area contributed by atoms with Crippen molar-refractivity contribution in [3.63, 3.8) is 0 Å². The summed E-state index contributed by atoms with van der Waals surface area (Å²) < 4.78 is 46.4. The van der Waals surface area contributed by atoms with Gasteiger partial charge in [0.15, 0.2) is 5.69 Å². The third-order valence-electron chi connectivity index (χ3n) is 8.85. The van der Waals surface area contributed by atoms with Gasteiger partial charge in [-0.1, -0.05) is 16.8 Å². The molecule has 2 aromatic carbocycles. The number of nitrogens with zero attached hydrogens (tertiary/aromatic N) is 5. The summed E-state index contributed by atoms with van der Waals surface area (Å²) in [6, 6.07) is 10.7. The van der Waals surface area contributed by atoms with Crippen molar-refractivity contribution in [3.05, 3.63) is 70.8 Å². The van der Waals surface area contributed by atoms with Gasteiger partial charge in [-0.25, -0.2) is 4.57 Å². The maximum Gasteiger partial charge on any atom is 0.416 e. The van der Waals surface area contributed by atoms with E-state index in [-0.39, 0.29) is 35.7 Å². The number of aryl methyl sites for hydroxylation is 1. The second kappa shape index (κ2) is 9.73. The van der Waals surface area contributed by atoms with Crippen molar-refractivity contribution in [2.45, 2.75) is 76.2 Å². The summed E-state index contributed by atoms with van der Waals surface area (Å²) in [6.45, 7) is 2.19. The van der Waals surface area contributed by atoms with Crippen LogP contribution in [0.3, 0.4) is 0 Å². The van der Waals surface area contributed by atoms with Crippen LogP contribution in [0.15, 0.2) is 43.0 Å². The number of aromatic nitrogens is 3. The molecule has 1 amide bonds. The minimum absolute atomic E-state index is 0.0104. The Balaban J connectivity index is 1.39. The molecule has 7 nitrogen and oxygen atoms in total. The molecule has 3 aromatic rings. The summed E-state index contributed by atoms with van der Waals surface area (Å²) in [7, 11) is 1.84. The van der Waals surface area contributed by atoms with Gasteiger partial charge in [0.25, 0.3) is 12.2 Å². The lowest BCUT2D eigenvalue weighted by Gasteiger charge is -2.39. The van der Waals surface area contributed by atoms with Gasteiger partial charge in [-0.15, -0.1) is 0 Å². The molecule has 6 rings (SSSR count). The fourth-order valence-corrected chi connectivity index (χ4v) is 6.33. The number of rotatable bonds is 7. The van der Waals surface area contributed by atoms with Crippen LogP contribution in [0.4, 0.5) is 18.9 Å². The molecular weight excluding hydrogens is 517 g/mol. The van der Waals surface area contributed by atoms with Gasteiger partial charge in [-0.05, 0) is 85.3 Å². The first-order valence-corrected chi connectivity index (χ1v) is 13.8. The molecule has 2 heterocycles. The van der Waals surface area contributed by atoms with Crippen molar-refractivity contribution >= 4 is 11.6 Å². The van der Waals surface area contributed by atoms with Gasteiger partial charge < -0.3 is 5.32 Å². The van der Waals surface area contributed by atoms with Crippen LogP contribution >= 0.6 is 0 Å². The number of anilines is 1. The molecule has 10 heteroatoms. The molecule has 2 fully saturated rings. The normalized spacial score (nSPS) is 21.5. The average molecular weight is 550 g/mol. The fourth-order valence-electron chi connectivity index (χ4n) is 6.33. The molecule has 1 N–H and O–H groups in total. The molecule has 1 aliphatic heterocycles. The third kappa shape index (κ3) is 4.66. The van der Waals surface area contributed by atoms with Crippen LogP contribution in [0.1, 0.15) is 84.0 Å². The maximum absolute atomic E-state index is 14.3. The quantitative estimate of drug-likeness (QED) is 0.405. The first kappa shape index (κ1) is 26.5. The molecule has 2 aliphatic carbocycles. The van der Waals surface area contributed by atoms with E-state index >= 15 is 0 Å². The highest BCUT2D eigenvalue weighted by atomic mass is 19.4. The number of nitrogens with one attached hydrogen (secondary N) is 1. The molecule has 3 aliphatic rings. The van der Waals surface area contributed by atoms with Crippen LogP contribution in [0.25, 0.3) is 5.69 Å². The van der Waals surface area contributed by atoms with Crippen LogP contribution in [0.2, 0.25) is 0 Å². The van der Waals surface area contributed by atoms with E-state index in [2.05, 4.69) is 23.4 Å². The van der Waals surface area contributed by atoms with Crippen molar-refractivity contribution in [3.8, 4) is 11.8 Å². The van der Waals surface area contributed by atoms with E-state index in [1.165, 1.54) is 11.0 Å². The lowest BCUT2D eigenvalue weighted by atomic mass is 9.70. The van der Waals surface area contributed by atoms with E-state index < -0.39 is 17.6 Å². The van der Waals surface area contributed by atoms with Crippen LogP contribution in [-0.2, 0) is 26.3 Å². The van der Waals surface area contributed by atoms with Crippen molar-refractivity contribution in [1.82, 2.24) is 15.0 Å². The Bertz CT molecular complexity index is 1510. The maximum atomic E-state index is 14.3. The van der Waals surface area contributed by atoms with Gasteiger partial charge in [0.05, 0.1) is 30.9 Å². The number of halogens is 3. The van der Waals surface area contributed by atoms with Crippen molar-refractivity contribution < 1.29 is 22.6 Å². The number of para-hydroxylation sites is 1. The second-order valence-corrected chi connectivity index (χ2v) is 11.8. The molecule has 2 saturated carbocycles. The summed E-state index contributed by atoms with van der Waals surface area (Å²) in [6.07, 6.45) is 4.11. The number of carbonyl (C=O) groups is 1. The smallest absolute Gasteiger partial charge is 0.307 e. The monoisotopic (exact) mass is 549 g/mol. The first-order chi connectivity index (χ1) is 19.1. The number of alkyl halides is 3. The number of benzene rings is 2. The van der Waals surface area contributed by atoms with Gasteiger partial charge >= 0.3 is 6.18 Å². The van der Waals surface area contributed by atoms with Gasteiger partial charge in [0, 0.05) is 29.6 Å². The number of amides is 1. The highest BCUT2D eigenvalue weighted by molar-refractivity contribution is 6.11. The van der Waals surface area contributed by atoms with E-state index in [0.29, 0.717) is 29.3 Å². The second-order valence-electron chi connectivity index (χ2n) is 11.8. The zero-order valence-corrected chi connectivity index (χ0v) is 22.6. The number of carbonyl (C=O) groups excluding carboxylic acids is 1. The lowest BCUT2D eigenvalue weighted by molar-refractivity contribution is -0.657. The van der Waals surface area contributed by atoms with Crippen molar-refractivity contribution in [2.75, 3.05) is 4.90 Å². The van der Waals surface area contributed by atoms with Crippen LogP contribution < -0.4 is 14.9 Å². The first-order valence-electron chi connectivity index (χ1n) is 13.8. The topological polar surface area (TPSA) is 77.8 Å². The van der Waals surface area contributed by atoms with Gasteiger partial charge in [-0.3, -0.25) is 9.69 Å². The SMILES string of the molecule is Cn1cn[n+](-c2c(N3Cc4c(cc(CNC5(C)CCC5)cc4C(F)(F)F)C3=O)cccc2[C@H]2C[C@H](CC#N)C2)c1. The standard InChI is InChI=1S/C30H32F3N6O/c1-29(8-4-9-29)35-15-20-13-23-24(25(14-20)30(31,32)33)16-38(28(23)40)26-6-3-5-22(21-11-19(12-21)7-10-34)27(26)39-18-37(2)17-36-39/h3,5-6,13-14,17-19,21,35H,4,7-9,11-12,15-16H2,1-2H3/q+1/t19-,21-. The highest BCUT2D eigenvalue weighted by Gasteiger charge is 2.43. The number of fused-ring (bicyclic) bond motifs is 1. The molecule has 0 atom stereocenters. The molecule has 40 heavy (non-hydrogen) atoms. The van der Waals surface area contributed by atoms with E-state index in [0.717, 1.165) is 37.7 Å². The molecule has 208 valence electrons. The highest BCUT2D eigenvalue weighted by Crippen LogP contribution is 2.47. The van der Waals surface area contributed by atoms with E-state index in [1.807, 2.05) is 19.2 Å². The fraction of sp³-hybridized carbons (Fsp3) is 0.467. The number of hydrogen-bond donors (Lipinski definition) is 1. The summed E-state index contributed by atoms with van der Waals surface area (Å²) >= 11 is 0. The Hall–Kier alpha value is -3.71. The molecule has 0 radical (unpaired) electrons. The Morgan fingerprint density at radius 2 is 2.02 bits per heavy atom. The Labute approximate surface area is 231 Å². The largest absolute Gasteiger partial charge is 0.416 e. The number of nitriles is 1. The predicted octanol–water partition coefficient (Wildman–Crippen LogP) is 5.32. The van der Waals surface area contributed by atoms with Crippen molar-refractivity contribution in [2.24, 2.45) is 13.0 Å². The molecule has 0 bridgehead atoms. The summed E-state index contributed by atoms with van der Waals surface area (Å²) in [5.74, 6) is 0.0590. The van der Waals surface area contributed by atoms with E-state index in [4.69, 9.17) is 5.26 Å². The van der Waals surface area contributed by atoms with E-state index in [1.54, 1.807) is 34.0 Å². The Kier molecular flexibility index (Phi) is 6.45. The molecule has 0 saturated heterocycles. The average Bonchev–Trinajstić information content (AvgIpc) is 3.45. The summed E-state index contributed by atoms with van der Waals surface area (Å²) in [4.78, 5) is 15.3.